The maximum absolute atomic E-state index is 13.1. The second kappa shape index (κ2) is 8.74. The van der Waals surface area contributed by atoms with Gasteiger partial charge in [-0.3, -0.25) is 4.79 Å². The second-order valence-corrected chi connectivity index (χ2v) is 7.79. The standard InChI is InChI=1S/C18H28N4O.2ClH/c19-16-12-3-1-4-13(16)10-15(9-12)18(23)22-8-2-5-14(11-22)17-20-6-7-21-17;;/h6-7,12-16H,1-5,8-11,19H2,(H,20,21);2*1H. The smallest absolute Gasteiger partial charge is 0.225 e. The molecule has 3 fully saturated rings. The predicted molar refractivity (Wildman–Crippen MR) is 103 cm³/mol. The van der Waals surface area contributed by atoms with E-state index in [0.717, 1.165) is 44.6 Å². The van der Waals surface area contributed by atoms with Crippen molar-refractivity contribution in [3.63, 3.8) is 0 Å². The summed E-state index contributed by atoms with van der Waals surface area (Å²) in [7, 11) is 0. The Kier molecular flexibility index (Phi) is 7.18. The molecule has 3 aliphatic rings. The number of hydrogen-bond acceptors (Lipinski definition) is 3. The summed E-state index contributed by atoms with van der Waals surface area (Å²) in [6.45, 7) is 1.73. The summed E-state index contributed by atoms with van der Waals surface area (Å²) in [4.78, 5) is 22.8. The van der Waals surface area contributed by atoms with Gasteiger partial charge in [0.25, 0.3) is 0 Å². The lowest BCUT2D eigenvalue weighted by molar-refractivity contribution is -0.139. The summed E-state index contributed by atoms with van der Waals surface area (Å²) in [5.74, 6) is 3.13. The molecule has 3 N–H and O–H groups in total. The molecule has 25 heavy (non-hydrogen) atoms. The van der Waals surface area contributed by atoms with Gasteiger partial charge in [-0.15, -0.1) is 24.8 Å². The molecule has 0 aromatic carbocycles. The van der Waals surface area contributed by atoms with Crippen LogP contribution in [0.3, 0.4) is 0 Å². The van der Waals surface area contributed by atoms with Crippen molar-refractivity contribution >= 4 is 30.7 Å². The molecule has 1 aromatic rings. The highest BCUT2D eigenvalue weighted by Crippen LogP contribution is 2.42. The third-order valence-electron chi connectivity index (χ3n) is 6.40. The Hall–Kier alpha value is -0.780. The highest BCUT2D eigenvalue weighted by Gasteiger charge is 2.42. The van der Waals surface area contributed by atoms with Crippen LogP contribution in [0.5, 0.6) is 0 Å². The largest absolute Gasteiger partial charge is 0.348 e. The van der Waals surface area contributed by atoms with Crippen LogP contribution in [0.25, 0.3) is 0 Å². The first kappa shape index (κ1) is 20.5. The van der Waals surface area contributed by atoms with Gasteiger partial charge >= 0.3 is 0 Å². The average Bonchev–Trinajstić information content (AvgIpc) is 3.08. The first-order valence-electron chi connectivity index (χ1n) is 9.26. The Labute approximate surface area is 162 Å². The molecule has 1 saturated heterocycles. The molecular weight excluding hydrogens is 359 g/mol. The van der Waals surface area contributed by atoms with Crippen LogP contribution < -0.4 is 5.73 Å². The number of nitrogens with zero attached hydrogens (tertiary/aromatic N) is 2. The van der Waals surface area contributed by atoms with E-state index in [-0.39, 0.29) is 30.7 Å². The minimum atomic E-state index is 0. The van der Waals surface area contributed by atoms with Gasteiger partial charge in [0, 0.05) is 43.4 Å². The number of aromatic amines is 1. The molecule has 2 saturated carbocycles. The number of hydrogen-bond donors (Lipinski definition) is 2. The molecule has 1 aliphatic heterocycles. The molecular formula is C18H30Cl2N4O. The predicted octanol–water partition coefficient (Wildman–Crippen LogP) is 3.11. The van der Waals surface area contributed by atoms with Crippen LogP contribution in [-0.4, -0.2) is 39.9 Å². The van der Waals surface area contributed by atoms with Gasteiger partial charge in [-0.25, -0.2) is 4.98 Å². The average molecular weight is 389 g/mol. The maximum Gasteiger partial charge on any atom is 0.225 e. The van der Waals surface area contributed by atoms with E-state index < -0.39 is 0 Å². The number of H-pyrrole nitrogens is 1. The zero-order valence-electron chi connectivity index (χ0n) is 14.6. The molecule has 0 radical (unpaired) electrons. The van der Waals surface area contributed by atoms with Crippen molar-refractivity contribution in [3.8, 4) is 0 Å². The lowest BCUT2D eigenvalue weighted by Gasteiger charge is -2.45. The molecule has 2 heterocycles. The number of nitrogens with one attached hydrogen (secondary N) is 1. The second-order valence-electron chi connectivity index (χ2n) is 7.79. The molecule has 0 spiro atoms. The molecule has 4 rings (SSSR count). The number of likely N-dealkylation sites (tertiary alicyclic amines) is 1. The van der Waals surface area contributed by atoms with E-state index in [4.69, 9.17) is 5.73 Å². The lowest BCUT2D eigenvalue weighted by Crippen LogP contribution is -2.51. The number of nitrogens with two attached hydrogens (primary N) is 1. The van der Waals surface area contributed by atoms with Gasteiger partial charge in [-0.2, -0.15) is 0 Å². The molecule has 3 atom stereocenters. The summed E-state index contributed by atoms with van der Waals surface area (Å²) in [5, 5.41) is 0. The number of aromatic nitrogens is 2. The normalized spacial score (nSPS) is 34.6. The van der Waals surface area contributed by atoms with Crippen LogP contribution in [0.1, 0.15) is 56.7 Å². The Balaban J connectivity index is 0.00000113. The van der Waals surface area contributed by atoms with Crippen LogP contribution in [0.15, 0.2) is 12.4 Å². The minimum absolute atomic E-state index is 0. The number of halogens is 2. The molecule has 3 unspecified atom stereocenters. The van der Waals surface area contributed by atoms with Gasteiger partial charge in [0.2, 0.25) is 5.91 Å². The fraction of sp³-hybridized carbons (Fsp3) is 0.778. The number of carbonyl (C=O) groups excluding carboxylic acids is 1. The summed E-state index contributed by atoms with van der Waals surface area (Å²) in [6.07, 6.45) is 11.6. The molecule has 2 bridgehead atoms. The van der Waals surface area contributed by atoms with Gasteiger partial charge in [0.15, 0.2) is 0 Å². The van der Waals surface area contributed by atoms with Gasteiger partial charge in [0.1, 0.15) is 5.82 Å². The summed E-state index contributed by atoms with van der Waals surface area (Å²) in [6, 6.07) is 0.338. The topological polar surface area (TPSA) is 75.0 Å². The van der Waals surface area contributed by atoms with Crippen LogP contribution in [0.2, 0.25) is 0 Å². The summed E-state index contributed by atoms with van der Waals surface area (Å²) in [5.41, 5.74) is 6.37. The van der Waals surface area contributed by atoms with Crippen LogP contribution in [-0.2, 0) is 4.79 Å². The van der Waals surface area contributed by atoms with Gasteiger partial charge in [-0.05, 0) is 50.4 Å². The lowest BCUT2D eigenvalue weighted by atomic mass is 9.65. The van der Waals surface area contributed by atoms with E-state index in [0.29, 0.717) is 29.7 Å². The summed E-state index contributed by atoms with van der Waals surface area (Å²) < 4.78 is 0. The quantitative estimate of drug-likeness (QED) is 0.816. The highest BCUT2D eigenvalue weighted by atomic mass is 35.5. The van der Waals surface area contributed by atoms with Crippen molar-refractivity contribution in [2.45, 2.75) is 56.9 Å². The van der Waals surface area contributed by atoms with E-state index in [9.17, 15) is 4.79 Å². The van der Waals surface area contributed by atoms with Gasteiger partial charge in [-0.1, -0.05) is 6.42 Å². The van der Waals surface area contributed by atoms with Crippen molar-refractivity contribution in [1.29, 1.82) is 0 Å². The van der Waals surface area contributed by atoms with E-state index in [1.807, 2.05) is 6.20 Å². The first-order valence-corrected chi connectivity index (χ1v) is 9.26. The van der Waals surface area contributed by atoms with E-state index in [1.54, 1.807) is 6.20 Å². The zero-order chi connectivity index (χ0) is 15.8. The molecule has 1 aromatic heterocycles. The highest BCUT2D eigenvalue weighted by molar-refractivity contribution is 5.85. The molecule has 142 valence electrons. The third kappa shape index (κ3) is 4.15. The Bertz CT molecular complexity index is 539. The number of imidazole rings is 1. The number of amides is 1. The van der Waals surface area contributed by atoms with Crippen molar-refractivity contribution in [3.05, 3.63) is 18.2 Å². The third-order valence-corrected chi connectivity index (χ3v) is 6.40. The number of piperidine rings is 1. The van der Waals surface area contributed by atoms with Crippen molar-refractivity contribution in [2.24, 2.45) is 23.5 Å². The SMILES string of the molecule is Cl.Cl.NC1C2CCCC1CC(C(=O)N1CCCC(c3ncc[nH]3)C1)C2. The van der Waals surface area contributed by atoms with Crippen LogP contribution in [0.4, 0.5) is 0 Å². The minimum Gasteiger partial charge on any atom is -0.348 e. The fourth-order valence-electron chi connectivity index (χ4n) is 5.15. The van der Waals surface area contributed by atoms with Crippen molar-refractivity contribution < 1.29 is 4.79 Å². The first-order chi connectivity index (χ1) is 11.2. The van der Waals surface area contributed by atoms with E-state index >= 15 is 0 Å². The van der Waals surface area contributed by atoms with E-state index in [2.05, 4.69) is 14.9 Å². The summed E-state index contributed by atoms with van der Waals surface area (Å²) >= 11 is 0. The molecule has 5 nitrogen and oxygen atoms in total. The van der Waals surface area contributed by atoms with Crippen molar-refractivity contribution in [1.82, 2.24) is 14.9 Å². The monoisotopic (exact) mass is 388 g/mol. The molecule has 7 heteroatoms. The Morgan fingerprint density at radius 3 is 2.52 bits per heavy atom. The van der Waals surface area contributed by atoms with Gasteiger partial charge in [0.05, 0.1) is 0 Å². The zero-order valence-corrected chi connectivity index (χ0v) is 16.2. The van der Waals surface area contributed by atoms with Crippen molar-refractivity contribution in [2.75, 3.05) is 13.1 Å². The number of fused-ring (bicyclic) bond motifs is 2. The Morgan fingerprint density at radius 2 is 1.88 bits per heavy atom. The molecule has 1 amide bonds. The number of carbonyl (C=O) groups is 1. The van der Waals surface area contributed by atoms with E-state index in [1.165, 1.54) is 19.3 Å². The number of rotatable bonds is 2. The Morgan fingerprint density at radius 1 is 1.16 bits per heavy atom. The molecule has 2 aliphatic carbocycles. The van der Waals surface area contributed by atoms with Crippen LogP contribution in [0, 0.1) is 17.8 Å². The van der Waals surface area contributed by atoms with Crippen LogP contribution >= 0.6 is 24.8 Å². The maximum atomic E-state index is 13.1. The van der Waals surface area contributed by atoms with Gasteiger partial charge < -0.3 is 15.6 Å². The fourth-order valence-corrected chi connectivity index (χ4v) is 5.15.